The number of alkyl halides is 34. The van der Waals surface area contributed by atoms with E-state index in [1.165, 1.54) is 0 Å². The largest absolute Gasteiger partial charge is 0.460 e. The Balaban J connectivity index is 3.36. The predicted molar refractivity (Wildman–Crippen MR) is 129 cm³/mol. The van der Waals surface area contributed by atoms with Gasteiger partial charge in [-0.2, -0.15) is 149 Å². The van der Waals surface area contributed by atoms with E-state index in [0.29, 0.717) is 24.0 Å². The second-order valence-corrected chi connectivity index (χ2v) is 12.8. The molecule has 0 N–H and O–H groups in total. The number of halogens is 34. The normalized spacial score (nSPS) is 16.4. The average molecular weight is 1000 g/mol. The topological polar surface area (TPSA) is 8.81 Å². The van der Waals surface area contributed by atoms with Gasteiger partial charge in [0.2, 0.25) is 0 Å². The molecule has 0 fully saturated rings. The van der Waals surface area contributed by atoms with E-state index in [0.717, 1.165) is 0 Å². The molecule has 0 saturated heterocycles. The van der Waals surface area contributed by atoms with Crippen molar-refractivity contribution >= 4 is 0 Å². The van der Waals surface area contributed by atoms with Gasteiger partial charge in [-0.3, -0.25) is 0 Å². The van der Waals surface area contributed by atoms with Gasteiger partial charge in [0.25, 0.3) is 5.82 Å². The summed E-state index contributed by atoms with van der Waals surface area (Å²) in [6.07, 6.45) is -26.4. The lowest BCUT2D eigenvalue weighted by atomic mass is 9.88. The minimum absolute atomic E-state index is 0.220. The van der Waals surface area contributed by atoms with Crippen LogP contribution in [0.15, 0.2) is 12.4 Å². The van der Waals surface area contributed by atoms with Crippen LogP contribution in [0.25, 0.3) is 0 Å². The molecule has 0 aliphatic carbocycles. The zero-order valence-corrected chi connectivity index (χ0v) is 28.6. The summed E-state index contributed by atoms with van der Waals surface area (Å²) in [7, 11) is 0.704. The van der Waals surface area contributed by atoms with Crippen LogP contribution in [-0.4, -0.2) is 99.8 Å². The lowest BCUT2D eigenvalue weighted by Crippen LogP contribution is -2.74. The Labute approximate surface area is 318 Å². The predicted octanol–water partition coefficient (Wildman–Crippen LogP) is 12.4. The first-order chi connectivity index (χ1) is 26.6. The van der Waals surface area contributed by atoms with Gasteiger partial charge in [0, 0.05) is 19.3 Å². The minimum Gasteiger partial charge on any atom is -0.237 e. The fourth-order valence-electron chi connectivity index (χ4n) is 4.73. The molecule has 0 aliphatic rings. The fourth-order valence-corrected chi connectivity index (χ4v) is 4.73. The van der Waals surface area contributed by atoms with Gasteiger partial charge in [-0.15, -0.1) is 0 Å². The Morgan fingerprint density at radius 2 is 0.597 bits per heavy atom. The molecule has 0 spiro atoms. The Morgan fingerprint density at radius 1 is 0.355 bits per heavy atom. The first kappa shape index (κ1) is 56.8. The smallest absolute Gasteiger partial charge is 0.237 e. The summed E-state index contributed by atoms with van der Waals surface area (Å²) in [4.78, 5) is 0. The first-order valence-corrected chi connectivity index (χ1v) is 15.0. The van der Waals surface area contributed by atoms with Gasteiger partial charge in [-0.25, -0.2) is 9.13 Å². The van der Waals surface area contributed by atoms with E-state index < -0.39 is 140 Å². The molecule has 0 aliphatic heterocycles. The molecule has 62 heavy (non-hydrogen) atoms. The van der Waals surface area contributed by atoms with Crippen molar-refractivity contribution < 1.29 is 154 Å². The summed E-state index contributed by atoms with van der Waals surface area (Å²) in [6, 6.07) is 0. The molecule has 0 amide bonds. The van der Waals surface area contributed by atoms with Crippen molar-refractivity contribution in [3.63, 3.8) is 0 Å². The third-order valence-corrected chi connectivity index (χ3v) is 8.56. The summed E-state index contributed by atoms with van der Waals surface area (Å²) >= 11 is 0. The Bertz CT molecular complexity index is 1710. The Hall–Kier alpha value is -3.17. The number of nitrogens with zero attached hydrogens (tertiary/aromatic N) is 2. The third kappa shape index (κ3) is 7.89. The number of hydrogen-bond donors (Lipinski definition) is 0. The van der Waals surface area contributed by atoms with Crippen LogP contribution in [0.2, 0.25) is 0 Å². The van der Waals surface area contributed by atoms with Crippen LogP contribution in [0, 0.1) is 0 Å². The van der Waals surface area contributed by atoms with E-state index in [-0.39, 0.29) is 4.57 Å². The van der Waals surface area contributed by atoms with Gasteiger partial charge in [-0.1, -0.05) is 0 Å². The molecule has 0 aromatic carbocycles. The van der Waals surface area contributed by atoms with E-state index in [1.807, 2.05) is 0 Å². The van der Waals surface area contributed by atoms with Gasteiger partial charge in [-0.05, 0) is 12.8 Å². The molecule has 1 aromatic heterocycles. The van der Waals surface area contributed by atoms with Crippen molar-refractivity contribution in [2.75, 3.05) is 0 Å². The molecule has 2 nitrogen and oxygen atoms in total. The van der Waals surface area contributed by atoms with Crippen molar-refractivity contribution in [2.24, 2.45) is 7.05 Å². The van der Waals surface area contributed by atoms with Crippen LogP contribution in [0.1, 0.15) is 31.5 Å². The zero-order chi connectivity index (χ0) is 50.4. The average Bonchev–Trinajstić information content (AvgIpc) is 3.40. The summed E-state index contributed by atoms with van der Waals surface area (Å²) in [5.74, 6) is -118. The molecule has 0 saturated carbocycles. The number of hydrogen-bond acceptors (Lipinski definition) is 0. The second-order valence-electron chi connectivity index (χ2n) is 12.8. The van der Waals surface area contributed by atoms with Gasteiger partial charge in [0.05, 0.1) is 13.6 Å². The maximum Gasteiger partial charge on any atom is 0.460 e. The van der Waals surface area contributed by atoms with Gasteiger partial charge in [0.15, 0.2) is 0 Å². The summed E-state index contributed by atoms with van der Waals surface area (Å²) in [6.45, 7) is -1.52. The zero-order valence-electron chi connectivity index (χ0n) is 28.6. The van der Waals surface area contributed by atoms with E-state index >= 15 is 0 Å². The van der Waals surface area contributed by atoms with Gasteiger partial charge < -0.3 is 0 Å². The van der Waals surface area contributed by atoms with Crippen molar-refractivity contribution in [1.82, 2.24) is 4.57 Å². The molecular formula is C26H17F34N2+. The summed E-state index contributed by atoms with van der Waals surface area (Å²) < 4.78 is 458. The standard InChI is InChI=1S/C26H17F34N2/c1-61-8-9-62(7-3-6-12(29,30)14(33,34)16(37,38)18(41,42)20(45,46)22(49,50)24(53,54)26(58,59)60)10(61)4-2-5-11(27,28)13(31,32)15(35,36)17(39,40)19(43,44)21(47,48)23(51,52)25(55,56)57/h8-9H,2-7H2,1H3/q+1. The van der Waals surface area contributed by atoms with E-state index in [4.69, 9.17) is 0 Å². The van der Waals surface area contributed by atoms with Crippen LogP contribution in [0.3, 0.4) is 0 Å². The third-order valence-electron chi connectivity index (χ3n) is 8.56. The summed E-state index contributed by atoms with van der Waals surface area (Å²) in [5, 5.41) is 0. The maximum atomic E-state index is 14.3. The highest BCUT2D eigenvalue weighted by molar-refractivity contribution is 5.16. The van der Waals surface area contributed by atoms with Crippen LogP contribution in [0.5, 0.6) is 0 Å². The van der Waals surface area contributed by atoms with Crippen LogP contribution < -0.4 is 4.57 Å². The SMILES string of the molecule is C[n+]1ccn(CCCC(F)(F)C(F)(F)C(F)(F)C(F)(F)C(F)(F)C(F)(F)C(F)(F)C(F)(F)F)c1CCCC(F)(F)C(F)(F)C(F)(F)C(F)(F)C(F)(F)C(F)(F)C(F)(F)C(F)(F)F. The lowest BCUT2D eigenvalue weighted by Gasteiger charge is -2.42. The van der Waals surface area contributed by atoms with Crippen LogP contribution in [-0.2, 0) is 20.0 Å². The summed E-state index contributed by atoms with van der Waals surface area (Å²) in [5.41, 5.74) is 0. The molecule has 0 radical (unpaired) electrons. The Morgan fingerprint density at radius 3 is 0.871 bits per heavy atom. The highest BCUT2D eigenvalue weighted by Gasteiger charge is 2.96. The van der Waals surface area contributed by atoms with E-state index in [2.05, 4.69) is 0 Å². The molecule has 368 valence electrons. The molecule has 0 bridgehead atoms. The highest BCUT2D eigenvalue weighted by atomic mass is 19.4. The molecule has 36 heteroatoms. The monoisotopic (exact) mass is 1000 g/mol. The van der Waals surface area contributed by atoms with Gasteiger partial charge >= 0.3 is 95.3 Å². The van der Waals surface area contributed by atoms with Crippen molar-refractivity contribution in [2.45, 2.75) is 134 Å². The number of aryl methyl sites for hydroxylation is 2. The molecule has 1 aromatic rings. The van der Waals surface area contributed by atoms with E-state index in [9.17, 15) is 149 Å². The number of imidazole rings is 1. The van der Waals surface area contributed by atoms with E-state index in [1.54, 1.807) is 0 Å². The molecule has 1 rings (SSSR count). The molecule has 0 unspecified atom stereocenters. The molecule has 0 atom stereocenters. The van der Waals surface area contributed by atoms with Crippen LogP contribution in [0.4, 0.5) is 149 Å². The number of rotatable bonds is 20. The quantitative estimate of drug-likeness (QED) is 0.0909. The minimum atomic E-state index is -8.94. The maximum absolute atomic E-state index is 14.3. The lowest BCUT2D eigenvalue weighted by molar-refractivity contribution is -0.678. The number of aromatic nitrogens is 2. The Kier molecular flexibility index (Phi) is 14.2. The van der Waals surface area contributed by atoms with Crippen molar-refractivity contribution in [1.29, 1.82) is 0 Å². The van der Waals surface area contributed by atoms with Gasteiger partial charge in [0.1, 0.15) is 12.4 Å². The second kappa shape index (κ2) is 15.5. The molecular weight excluding hydrogens is 986 g/mol. The van der Waals surface area contributed by atoms with Crippen molar-refractivity contribution in [3.05, 3.63) is 18.2 Å². The first-order valence-electron chi connectivity index (χ1n) is 15.0. The molecule has 1 heterocycles. The highest BCUT2D eigenvalue weighted by Crippen LogP contribution is 2.66. The van der Waals surface area contributed by atoms with Crippen LogP contribution >= 0.6 is 0 Å². The van der Waals surface area contributed by atoms with Crippen molar-refractivity contribution in [3.8, 4) is 0 Å². The fraction of sp³-hybridized carbons (Fsp3) is 0.885.